The molecular formula is C21H19N3O2. The summed E-state index contributed by atoms with van der Waals surface area (Å²) in [4.78, 5) is 19.1. The van der Waals surface area contributed by atoms with E-state index < -0.39 is 0 Å². The third-order valence-electron chi connectivity index (χ3n) is 4.45. The lowest BCUT2D eigenvalue weighted by Gasteiger charge is -2.31. The summed E-state index contributed by atoms with van der Waals surface area (Å²) >= 11 is 0. The molecule has 5 heteroatoms. The number of nitrogens with two attached hydrogens (primary N) is 1. The molecule has 5 nitrogen and oxygen atoms in total. The van der Waals surface area contributed by atoms with Gasteiger partial charge in [0.15, 0.2) is 5.75 Å². The van der Waals surface area contributed by atoms with E-state index in [4.69, 9.17) is 10.5 Å². The number of para-hydroxylation sites is 1. The fourth-order valence-electron chi connectivity index (χ4n) is 3.23. The van der Waals surface area contributed by atoms with Gasteiger partial charge in [-0.1, -0.05) is 30.3 Å². The Hall–Kier alpha value is -3.34. The van der Waals surface area contributed by atoms with E-state index in [1.807, 2.05) is 48.5 Å². The lowest BCUT2D eigenvalue weighted by molar-refractivity contribution is 0.0984. The maximum Gasteiger partial charge on any atom is 0.258 e. The molecule has 1 aliphatic heterocycles. The first-order valence-electron chi connectivity index (χ1n) is 8.61. The van der Waals surface area contributed by atoms with Crippen LogP contribution in [0.25, 0.3) is 0 Å². The molecule has 0 unspecified atom stereocenters. The molecule has 130 valence electrons. The molecule has 0 fully saturated rings. The highest BCUT2D eigenvalue weighted by molar-refractivity contribution is 6.07. The zero-order valence-corrected chi connectivity index (χ0v) is 14.3. The molecule has 0 bridgehead atoms. The number of hydrogen-bond donors (Lipinski definition) is 1. The fourth-order valence-corrected chi connectivity index (χ4v) is 3.23. The quantitative estimate of drug-likeness (QED) is 0.777. The van der Waals surface area contributed by atoms with Crippen LogP contribution in [0.1, 0.15) is 22.3 Å². The summed E-state index contributed by atoms with van der Waals surface area (Å²) in [5.41, 5.74) is 8.98. The Morgan fingerprint density at radius 2 is 1.88 bits per heavy atom. The van der Waals surface area contributed by atoms with Crippen LogP contribution >= 0.6 is 0 Å². The largest absolute Gasteiger partial charge is 0.435 e. The Morgan fingerprint density at radius 3 is 2.69 bits per heavy atom. The van der Waals surface area contributed by atoms with Crippen molar-refractivity contribution in [1.82, 2.24) is 4.98 Å². The Kier molecular flexibility index (Phi) is 4.27. The number of amides is 1. The lowest BCUT2D eigenvalue weighted by Crippen LogP contribution is -2.35. The highest BCUT2D eigenvalue weighted by Crippen LogP contribution is 2.39. The van der Waals surface area contributed by atoms with E-state index in [1.165, 1.54) is 0 Å². The number of carbonyl (C=O) groups is 1. The zero-order chi connectivity index (χ0) is 17.9. The summed E-state index contributed by atoms with van der Waals surface area (Å²) in [6.45, 7) is 0.652. The molecule has 0 atom stereocenters. The van der Waals surface area contributed by atoms with Gasteiger partial charge in [-0.2, -0.15) is 0 Å². The molecule has 3 aromatic rings. The van der Waals surface area contributed by atoms with Gasteiger partial charge in [-0.25, -0.2) is 4.98 Å². The molecule has 0 saturated heterocycles. The number of anilines is 2. The number of nitrogens with zero attached hydrogens (tertiary/aromatic N) is 2. The molecule has 2 heterocycles. The van der Waals surface area contributed by atoms with Crippen molar-refractivity contribution in [2.45, 2.75) is 12.8 Å². The minimum absolute atomic E-state index is 0.0309. The molecule has 1 amide bonds. The van der Waals surface area contributed by atoms with Crippen LogP contribution in [0, 0.1) is 0 Å². The number of aryl methyl sites for hydroxylation is 1. The van der Waals surface area contributed by atoms with Crippen LogP contribution in [-0.2, 0) is 6.42 Å². The van der Waals surface area contributed by atoms with Gasteiger partial charge in [0.25, 0.3) is 5.91 Å². The molecule has 0 radical (unpaired) electrons. The summed E-state index contributed by atoms with van der Waals surface area (Å²) in [6.07, 6.45) is 3.46. The monoisotopic (exact) mass is 345 g/mol. The molecule has 4 rings (SSSR count). The first-order chi connectivity index (χ1) is 12.7. The van der Waals surface area contributed by atoms with Crippen LogP contribution in [0.3, 0.4) is 0 Å². The van der Waals surface area contributed by atoms with E-state index >= 15 is 0 Å². The number of benzene rings is 2. The number of rotatable bonds is 3. The summed E-state index contributed by atoms with van der Waals surface area (Å²) in [6, 6.07) is 18.6. The molecule has 1 aromatic heterocycles. The fraction of sp³-hybridized carbons (Fsp3) is 0.143. The van der Waals surface area contributed by atoms with Crippen molar-refractivity contribution < 1.29 is 9.53 Å². The van der Waals surface area contributed by atoms with Gasteiger partial charge in [0.1, 0.15) is 0 Å². The number of hydrogen-bond acceptors (Lipinski definition) is 4. The summed E-state index contributed by atoms with van der Waals surface area (Å²) in [5.74, 6) is 0.909. The van der Waals surface area contributed by atoms with E-state index in [2.05, 4.69) is 4.98 Å². The van der Waals surface area contributed by atoms with Gasteiger partial charge in [0.2, 0.25) is 5.88 Å². The van der Waals surface area contributed by atoms with Crippen molar-refractivity contribution in [2.24, 2.45) is 0 Å². The van der Waals surface area contributed by atoms with Gasteiger partial charge in [-0.05, 0) is 48.7 Å². The summed E-state index contributed by atoms with van der Waals surface area (Å²) in [5, 5.41) is 0. The molecule has 0 aliphatic carbocycles. The van der Waals surface area contributed by atoms with Crippen LogP contribution in [0.5, 0.6) is 11.6 Å². The van der Waals surface area contributed by atoms with Crippen LogP contribution in [0.2, 0.25) is 0 Å². The second-order valence-corrected chi connectivity index (χ2v) is 6.19. The zero-order valence-electron chi connectivity index (χ0n) is 14.3. The molecule has 2 N–H and O–H groups in total. The topological polar surface area (TPSA) is 68.5 Å². The van der Waals surface area contributed by atoms with Crippen molar-refractivity contribution in [2.75, 3.05) is 17.2 Å². The lowest BCUT2D eigenvalue weighted by atomic mass is 10.00. The van der Waals surface area contributed by atoms with Crippen molar-refractivity contribution in [3.8, 4) is 11.6 Å². The second kappa shape index (κ2) is 6.88. The third kappa shape index (κ3) is 2.99. The SMILES string of the molecule is Nc1cccnc1Oc1cccc2c1N(C(=O)c1ccccc1)CCC2. The van der Waals surface area contributed by atoms with Gasteiger partial charge < -0.3 is 15.4 Å². The predicted octanol–water partition coefficient (Wildman–Crippen LogP) is 4.05. The minimum atomic E-state index is -0.0309. The highest BCUT2D eigenvalue weighted by atomic mass is 16.5. The maximum absolute atomic E-state index is 13.1. The van der Waals surface area contributed by atoms with Crippen LogP contribution in [-0.4, -0.2) is 17.4 Å². The van der Waals surface area contributed by atoms with E-state index in [0.717, 1.165) is 24.1 Å². The van der Waals surface area contributed by atoms with Gasteiger partial charge in [-0.3, -0.25) is 4.79 Å². The van der Waals surface area contributed by atoms with Crippen molar-refractivity contribution in [1.29, 1.82) is 0 Å². The van der Waals surface area contributed by atoms with E-state index in [1.54, 1.807) is 23.2 Å². The maximum atomic E-state index is 13.1. The number of carbonyl (C=O) groups excluding carboxylic acids is 1. The Balaban J connectivity index is 1.75. The van der Waals surface area contributed by atoms with Gasteiger partial charge in [0.05, 0.1) is 11.4 Å². The average molecular weight is 345 g/mol. The number of nitrogen functional groups attached to an aromatic ring is 1. The summed E-state index contributed by atoms with van der Waals surface area (Å²) < 4.78 is 5.99. The van der Waals surface area contributed by atoms with Crippen LogP contribution in [0.4, 0.5) is 11.4 Å². The Bertz CT molecular complexity index is 941. The van der Waals surface area contributed by atoms with E-state index in [0.29, 0.717) is 29.4 Å². The van der Waals surface area contributed by atoms with Gasteiger partial charge in [0, 0.05) is 18.3 Å². The molecule has 26 heavy (non-hydrogen) atoms. The molecule has 0 saturated carbocycles. The molecular weight excluding hydrogens is 326 g/mol. The van der Waals surface area contributed by atoms with E-state index in [-0.39, 0.29) is 5.91 Å². The van der Waals surface area contributed by atoms with Gasteiger partial charge in [-0.15, -0.1) is 0 Å². The molecule has 2 aromatic carbocycles. The number of aromatic nitrogens is 1. The van der Waals surface area contributed by atoms with Crippen LogP contribution < -0.4 is 15.4 Å². The second-order valence-electron chi connectivity index (χ2n) is 6.19. The van der Waals surface area contributed by atoms with Crippen molar-refractivity contribution in [3.63, 3.8) is 0 Å². The number of pyridine rings is 1. The first kappa shape index (κ1) is 16.1. The van der Waals surface area contributed by atoms with Gasteiger partial charge >= 0.3 is 0 Å². The highest BCUT2D eigenvalue weighted by Gasteiger charge is 2.27. The van der Waals surface area contributed by atoms with Crippen molar-refractivity contribution >= 4 is 17.3 Å². The first-order valence-corrected chi connectivity index (χ1v) is 8.61. The number of ether oxygens (including phenoxy) is 1. The van der Waals surface area contributed by atoms with Crippen LogP contribution in [0.15, 0.2) is 66.9 Å². The predicted molar refractivity (Wildman–Crippen MR) is 102 cm³/mol. The standard InChI is InChI=1S/C21H19N3O2/c22-17-11-5-13-23-20(17)26-18-12-4-9-15-10-6-14-24(19(15)18)21(25)16-7-2-1-3-8-16/h1-5,7-9,11-13H,6,10,14,22H2. The third-order valence-corrected chi connectivity index (χ3v) is 4.45. The molecule has 0 spiro atoms. The normalized spacial score (nSPS) is 13.2. The molecule has 1 aliphatic rings. The minimum Gasteiger partial charge on any atom is -0.435 e. The summed E-state index contributed by atoms with van der Waals surface area (Å²) in [7, 11) is 0. The smallest absolute Gasteiger partial charge is 0.258 e. The Morgan fingerprint density at radius 1 is 1.04 bits per heavy atom. The van der Waals surface area contributed by atoms with E-state index in [9.17, 15) is 4.79 Å². The van der Waals surface area contributed by atoms with Crippen molar-refractivity contribution in [3.05, 3.63) is 78.0 Å². The Labute approximate surface area is 152 Å². The average Bonchev–Trinajstić information content (AvgIpc) is 2.69. The number of fused-ring (bicyclic) bond motifs is 1.